The van der Waals surface area contributed by atoms with Gasteiger partial charge in [0.05, 0.1) is 12.7 Å². The lowest BCUT2D eigenvalue weighted by Gasteiger charge is -2.61. The largest absolute Gasteiger partial charge is 0.465 e. The zero-order valence-electron chi connectivity index (χ0n) is 17.2. The molecule has 0 amide bonds. The summed E-state index contributed by atoms with van der Waals surface area (Å²) in [6.07, 6.45) is 9.60. The third-order valence-electron chi connectivity index (χ3n) is 9.39. The van der Waals surface area contributed by atoms with Crippen molar-refractivity contribution < 1.29 is 19.4 Å². The van der Waals surface area contributed by atoms with Gasteiger partial charge in [-0.1, -0.05) is 6.92 Å². The summed E-state index contributed by atoms with van der Waals surface area (Å²) < 4.78 is 5.57. The summed E-state index contributed by atoms with van der Waals surface area (Å²) in [5, 5.41) is 10.2. The molecule has 4 nitrogen and oxygen atoms in total. The first kappa shape index (κ1) is 19.4. The van der Waals surface area contributed by atoms with Crippen molar-refractivity contribution in [3.8, 4) is 0 Å². The Bertz CT molecular complexity index is 615. The van der Waals surface area contributed by atoms with E-state index in [0.29, 0.717) is 35.7 Å². The molecule has 0 radical (unpaired) electrons. The van der Waals surface area contributed by atoms with Crippen LogP contribution in [0.5, 0.6) is 0 Å². The Morgan fingerprint density at radius 3 is 2.48 bits per heavy atom. The number of esters is 1. The molecule has 4 aliphatic rings. The van der Waals surface area contributed by atoms with Gasteiger partial charge in [-0.05, 0) is 93.8 Å². The lowest BCUT2D eigenvalue weighted by Crippen LogP contribution is -2.56. The molecule has 0 aliphatic heterocycles. The Balaban J connectivity index is 1.63. The van der Waals surface area contributed by atoms with Gasteiger partial charge in [-0.2, -0.15) is 0 Å². The van der Waals surface area contributed by atoms with E-state index in [-0.39, 0.29) is 29.2 Å². The monoisotopic (exact) mass is 376 g/mol. The Morgan fingerprint density at radius 2 is 1.78 bits per heavy atom. The Kier molecular flexibility index (Phi) is 4.93. The van der Waals surface area contributed by atoms with Crippen molar-refractivity contribution in [3.63, 3.8) is 0 Å². The van der Waals surface area contributed by atoms with Crippen molar-refractivity contribution in [2.75, 3.05) is 6.61 Å². The summed E-state index contributed by atoms with van der Waals surface area (Å²) >= 11 is 0. The number of carbonyl (C=O) groups is 2. The second kappa shape index (κ2) is 6.86. The van der Waals surface area contributed by atoms with E-state index in [2.05, 4.69) is 6.92 Å². The highest BCUT2D eigenvalue weighted by atomic mass is 16.5. The third-order valence-corrected chi connectivity index (χ3v) is 9.39. The molecule has 4 fully saturated rings. The van der Waals surface area contributed by atoms with Gasteiger partial charge in [0.2, 0.25) is 0 Å². The molecule has 152 valence electrons. The molecule has 0 bridgehead atoms. The normalized spacial score (nSPS) is 48.9. The number of fused-ring (bicyclic) bond motifs is 5. The van der Waals surface area contributed by atoms with Crippen molar-refractivity contribution in [2.45, 2.75) is 84.7 Å². The molecule has 4 saturated carbocycles. The maximum atomic E-state index is 12.5. The van der Waals surface area contributed by atoms with Crippen LogP contribution in [-0.2, 0) is 14.3 Å². The number of Topliss-reactive ketones (excluding diaryl/α,β-unsaturated/α-hetero) is 1. The Morgan fingerprint density at radius 1 is 1.00 bits per heavy atom. The quantitative estimate of drug-likeness (QED) is 0.752. The van der Waals surface area contributed by atoms with Crippen LogP contribution in [0.4, 0.5) is 0 Å². The van der Waals surface area contributed by atoms with Crippen LogP contribution >= 0.6 is 0 Å². The Hall–Kier alpha value is -0.900. The number of hydrogen-bond acceptors (Lipinski definition) is 4. The minimum Gasteiger partial charge on any atom is -0.465 e. The molecule has 1 N–H and O–H groups in total. The van der Waals surface area contributed by atoms with Crippen molar-refractivity contribution in [3.05, 3.63) is 0 Å². The molecule has 0 aromatic heterocycles. The van der Waals surface area contributed by atoms with Crippen LogP contribution in [0, 0.1) is 40.4 Å². The lowest BCUT2D eigenvalue weighted by molar-refractivity contribution is -0.164. The first-order chi connectivity index (χ1) is 12.8. The highest BCUT2D eigenvalue weighted by Gasteiger charge is 2.62. The molecule has 4 aliphatic carbocycles. The second-order valence-corrected chi connectivity index (χ2v) is 10.4. The number of hydrogen-bond donors (Lipinski definition) is 1. The number of ketones is 1. The SMILES string of the molecule is CC(=O)OCC12CC[C@H]3[C@@H](CC[C@H]4CC(O)CCC43C)[C@@H]1CCC2C(C)=O. The highest BCUT2D eigenvalue weighted by Crippen LogP contribution is 2.67. The fourth-order valence-corrected chi connectivity index (χ4v) is 8.17. The number of carbonyl (C=O) groups excluding carboxylic acids is 2. The van der Waals surface area contributed by atoms with Gasteiger partial charge < -0.3 is 9.84 Å². The fourth-order valence-electron chi connectivity index (χ4n) is 8.17. The average Bonchev–Trinajstić information content (AvgIpc) is 3.00. The standard InChI is InChI=1S/C23H36O4/c1-14(24)19-6-7-21-18-5-4-16-12-17(26)8-10-22(16,3)20(18)9-11-23(19,21)13-27-15(2)25/h16-21,26H,4-13H2,1-3H3/t16-,17?,18+,19?,20-,21-,22?,23?/m0/s1. The number of ether oxygens (including phenoxy) is 1. The molecule has 4 unspecified atom stereocenters. The molecular formula is C23H36O4. The second-order valence-electron chi connectivity index (χ2n) is 10.4. The predicted molar refractivity (Wildman–Crippen MR) is 103 cm³/mol. The van der Waals surface area contributed by atoms with E-state index in [1.165, 1.54) is 19.8 Å². The predicted octanol–water partition coefficient (Wildman–Crippen LogP) is 4.14. The zero-order valence-corrected chi connectivity index (χ0v) is 17.2. The number of aliphatic hydroxyl groups excluding tert-OH is 1. The molecule has 0 saturated heterocycles. The van der Waals surface area contributed by atoms with Crippen LogP contribution in [-0.4, -0.2) is 29.6 Å². The smallest absolute Gasteiger partial charge is 0.302 e. The van der Waals surface area contributed by atoms with Gasteiger partial charge in [-0.15, -0.1) is 0 Å². The fraction of sp³-hybridized carbons (Fsp3) is 0.913. The van der Waals surface area contributed by atoms with Crippen molar-refractivity contribution in [1.82, 2.24) is 0 Å². The van der Waals surface area contributed by atoms with Gasteiger partial charge in [-0.3, -0.25) is 9.59 Å². The van der Waals surface area contributed by atoms with E-state index in [0.717, 1.165) is 44.9 Å². The maximum Gasteiger partial charge on any atom is 0.302 e. The third kappa shape index (κ3) is 2.97. The van der Waals surface area contributed by atoms with Gasteiger partial charge in [0.25, 0.3) is 0 Å². The van der Waals surface area contributed by atoms with Crippen molar-refractivity contribution >= 4 is 11.8 Å². The zero-order chi connectivity index (χ0) is 19.4. The molecule has 0 aromatic carbocycles. The summed E-state index contributed by atoms with van der Waals surface area (Å²) in [5.41, 5.74) is 0.208. The topological polar surface area (TPSA) is 63.6 Å². The van der Waals surface area contributed by atoms with Gasteiger partial charge >= 0.3 is 5.97 Å². The van der Waals surface area contributed by atoms with E-state index >= 15 is 0 Å². The minimum absolute atomic E-state index is 0.0570. The molecule has 27 heavy (non-hydrogen) atoms. The lowest BCUT2D eigenvalue weighted by atomic mass is 9.44. The first-order valence-corrected chi connectivity index (χ1v) is 11.1. The van der Waals surface area contributed by atoms with Crippen LogP contribution < -0.4 is 0 Å². The van der Waals surface area contributed by atoms with Gasteiger partial charge in [0, 0.05) is 18.3 Å². The van der Waals surface area contributed by atoms with E-state index in [1.54, 1.807) is 6.92 Å². The summed E-state index contributed by atoms with van der Waals surface area (Å²) in [6, 6.07) is 0. The summed E-state index contributed by atoms with van der Waals surface area (Å²) in [4.78, 5) is 24.0. The molecule has 0 aromatic rings. The van der Waals surface area contributed by atoms with Gasteiger partial charge in [-0.25, -0.2) is 0 Å². The number of aliphatic hydroxyl groups is 1. The van der Waals surface area contributed by atoms with Crippen LogP contribution in [0.25, 0.3) is 0 Å². The Labute approximate surface area is 163 Å². The van der Waals surface area contributed by atoms with Crippen molar-refractivity contribution in [2.24, 2.45) is 40.4 Å². The van der Waals surface area contributed by atoms with E-state index in [1.807, 2.05) is 0 Å². The van der Waals surface area contributed by atoms with Crippen LogP contribution in [0.1, 0.15) is 78.6 Å². The maximum absolute atomic E-state index is 12.5. The molecular weight excluding hydrogens is 340 g/mol. The van der Waals surface area contributed by atoms with Crippen LogP contribution in [0.2, 0.25) is 0 Å². The highest BCUT2D eigenvalue weighted by molar-refractivity contribution is 5.79. The van der Waals surface area contributed by atoms with Crippen molar-refractivity contribution in [1.29, 1.82) is 0 Å². The van der Waals surface area contributed by atoms with Crippen LogP contribution in [0.15, 0.2) is 0 Å². The minimum atomic E-state index is -0.226. The molecule has 0 heterocycles. The van der Waals surface area contributed by atoms with E-state index < -0.39 is 0 Å². The molecule has 4 heteroatoms. The average molecular weight is 377 g/mol. The van der Waals surface area contributed by atoms with E-state index in [4.69, 9.17) is 4.74 Å². The summed E-state index contributed by atoms with van der Waals surface area (Å²) in [6.45, 7) is 6.13. The summed E-state index contributed by atoms with van der Waals surface area (Å²) in [5.74, 6) is 2.62. The van der Waals surface area contributed by atoms with Gasteiger partial charge in [0.1, 0.15) is 5.78 Å². The molecule has 0 spiro atoms. The molecule has 4 rings (SSSR count). The van der Waals surface area contributed by atoms with Crippen LogP contribution in [0.3, 0.4) is 0 Å². The number of rotatable bonds is 3. The summed E-state index contributed by atoms with van der Waals surface area (Å²) in [7, 11) is 0. The van der Waals surface area contributed by atoms with Gasteiger partial charge in [0.15, 0.2) is 0 Å². The van der Waals surface area contributed by atoms with E-state index in [9.17, 15) is 14.7 Å². The molecule has 8 atom stereocenters. The first-order valence-electron chi connectivity index (χ1n) is 11.1.